The van der Waals surface area contributed by atoms with Gasteiger partial charge in [-0.3, -0.25) is 0 Å². The third-order valence-corrected chi connectivity index (χ3v) is 5.93. The average Bonchev–Trinajstić information content (AvgIpc) is 3.11. The highest BCUT2D eigenvalue weighted by atomic mass is 16.6. The Hall–Kier alpha value is -3.35. The van der Waals surface area contributed by atoms with Gasteiger partial charge in [-0.05, 0) is 77.2 Å². The van der Waals surface area contributed by atoms with Crippen molar-refractivity contribution in [1.29, 1.82) is 0 Å². The van der Waals surface area contributed by atoms with E-state index in [-0.39, 0.29) is 17.9 Å². The zero-order valence-electron chi connectivity index (χ0n) is 20.5. The van der Waals surface area contributed by atoms with Gasteiger partial charge in [-0.2, -0.15) is 0 Å². The van der Waals surface area contributed by atoms with Crippen LogP contribution in [0.4, 0.5) is 10.6 Å². The molecule has 0 saturated carbocycles. The summed E-state index contributed by atoms with van der Waals surface area (Å²) in [5.74, 6) is 1.55. The van der Waals surface area contributed by atoms with Crippen molar-refractivity contribution in [3.8, 4) is 0 Å². The SMILES string of the molecule is Cc1ccc2c(N3CCCC(NC(=O)OC(C)(C)C)CC3)nc(C3=C(O)C=CCC=C3)nc2c1. The molecule has 0 spiro atoms. The average molecular weight is 463 g/mol. The molecule has 1 fully saturated rings. The van der Waals surface area contributed by atoms with Gasteiger partial charge in [-0.1, -0.05) is 24.3 Å². The molecule has 1 amide bonds. The van der Waals surface area contributed by atoms with Gasteiger partial charge in [0.2, 0.25) is 0 Å². The number of fused-ring (bicyclic) bond motifs is 1. The van der Waals surface area contributed by atoms with Crippen molar-refractivity contribution < 1.29 is 14.6 Å². The lowest BCUT2D eigenvalue weighted by atomic mass is 10.1. The third-order valence-electron chi connectivity index (χ3n) is 5.93. The molecule has 1 atom stereocenters. The van der Waals surface area contributed by atoms with Crippen molar-refractivity contribution >= 4 is 28.4 Å². The number of benzene rings is 1. The highest BCUT2D eigenvalue weighted by molar-refractivity contribution is 5.92. The Morgan fingerprint density at radius 1 is 1.15 bits per heavy atom. The van der Waals surface area contributed by atoms with Crippen molar-refractivity contribution in [3.05, 3.63) is 59.7 Å². The van der Waals surface area contributed by atoms with Crippen LogP contribution in [-0.4, -0.2) is 45.9 Å². The normalized spacial score (nSPS) is 19.2. The predicted octanol–water partition coefficient (Wildman–Crippen LogP) is 5.61. The molecule has 2 aliphatic rings. The second-order valence-electron chi connectivity index (χ2n) is 9.99. The minimum absolute atomic E-state index is 0.0522. The minimum Gasteiger partial charge on any atom is -0.507 e. The largest absolute Gasteiger partial charge is 0.507 e. The number of carbonyl (C=O) groups is 1. The molecule has 0 bridgehead atoms. The van der Waals surface area contributed by atoms with Gasteiger partial charge >= 0.3 is 6.09 Å². The molecular weight excluding hydrogens is 428 g/mol. The number of aromatic nitrogens is 2. The predicted molar refractivity (Wildman–Crippen MR) is 136 cm³/mol. The molecule has 7 nitrogen and oxygen atoms in total. The van der Waals surface area contributed by atoms with E-state index in [1.807, 2.05) is 45.9 Å². The van der Waals surface area contributed by atoms with Gasteiger partial charge in [0.15, 0.2) is 5.82 Å². The number of rotatable bonds is 3. The fourth-order valence-electron chi connectivity index (χ4n) is 4.32. The summed E-state index contributed by atoms with van der Waals surface area (Å²) in [5.41, 5.74) is 2.08. The van der Waals surface area contributed by atoms with E-state index in [0.29, 0.717) is 11.4 Å². The van der Waals surface area contributed by atoms with E-state index in [1.165, 1.54) is 0 Å². The first-order chi connectivity index (χ1) is 16.2. The van der Waals surface area contributed by atoms with Gasteiger partial charge in [0.1, 0.15) is 17.2 Å². The number of ether oxygens (including phenoxy) is 1. The number of aliphatic hydroxyl groups excluding tert-OH is 1. The molecule has 0 radical (unpaired) electrons. The van der Waals surface area contributed by atoms with Crippen LogP contribution < -0.4 is 10.2 Å². The fraction of sp³-hybridized carbons (Fsp3) is 0.444. The van der Waals surface area contributed by atoms with Crippen LogP contribution in [0.25, 0.3) is 16.5 Å². The van der Waals surface area contributed by atoms with Crippen LogP contribution in [0.1, 0.15) is 57.8 Å². The molecule has 2 heterocycles. The summed E-state index contributed by atoms with van der Waals surface area (Å²) in [5, 5.41) is 14.6. The maximum Gasteiger partial charge on any atom is 0.407 e. The Balaban J connectivity index is 1.63. The number of carbonyl (C=O) groups excluding carboxylic acids is 1. The van der Waals surface area contributed by atoms with E-state index in [0.717, 1.165) is 61.1 Å². The van der Waals surface area contributed by atoms with E-state index in [9.17, 15) is 9.90 Å². The summed E-state index contributed by atoms with van der Waals surface area (Å²) in [6.45, 7) is 9.23. The summed E-state index contributed by atoms with van der Waals surface area (Å²) in [4.78, 5) is 24.3. The number of alkyl carbamates (subject to hydrolysis) is 1. The Bertz CT molecular complexity index is 1160. The van der Waals surface area contributed by atoms with Gasteiger partial charge in [-0.15, -0.1) is 0 Å². The Morgan fingerprint density at radius 2 is 1.94 bits per heavy atom. The number of hydrogen-bond donors (Lipinski definition) is 2. The van der Waals surface area contributed by atoms with Gasteiger partial charge in [0.25, 0.3) is 0 Å². The highest BCUT2D eigenvalue weighted by Gasteiger charge is 2.24. The number of hydrogen-bond acceptors (Lipinski definition) is 6. The summed E-state index contributed by atoms with van der Waals surface area (Å²) in [7, 11) is 0. The van der Waals surface area contributed by atoms with Crippen LogP contribution in [0.2, 0.25) is 0 Å². The van der Waals surface area contributed by atoms with E-state index in [4.69, 9.17) is 14.7 Å². The third kappa shape index (κ3) is 5.76. The number of allylic oxidation sites excluding steroid dienone is 5. The lowest BCUT2D eigenvalue weighted by molar-refractivity contribution is 0.0501. The molecular formula is C27H34N4O3. The maximum atomic E-state index is 12.3. The monoisotopic (exact) mass is 462 g/mol. The summed E-state index contributed by atoms with van der Waals surface area (Å²) in [6.07, 6.45) is 10.5. The molecule has 34 heavy (non-hydrogen) atoms. The van der Waals surface area contributed by atoms with Crippen molar-refractivity contribution in [2.75, 3.05) is 18.0 Å². The summed E-state index contributed by atoms with van der Waals surface area (Å²) < 4.78 is 5.44. The number of nitrogens with zero attached hydrogens (tertiary/aromatic N) is 3. The fourth-order valence-corrected chi connectivity index (χ4v) is 4.32. The van der Waals surface area contributed by atoms with Crippen molar-refractivity contribution in [2.45, 2.75) is 65.0 Å². The zero-order chi connectivity index (χ0) is 24.3. The molecule has 1 aromatic carbocycles. The van der Waals surface area contributed by atoms with Crippen molar-refractivity contribution in [3.63, 3.8) is 0 Å². The summed E-state index contributed by atoms with van der Waals surface area (Å²) in [6, 6.07) is 6.26. The maximum absolute atomic E-state index is 12.3. The van der Waals surface area contributed by atoms with Crippen molar-refractivity contribution in [1.82, 2.24) is 15.3 Å². The van der Waals surface area contributed by atoms with E-state index < -0.39 is 5.60 Å². The van der Waals surface area contributed by atoms with Crippen LogP contribution in [0.3, 0.4) is 0 Å². The Morgan fingerprint density at radius 3 is 2.74 bits per heavy atom. The molecule has 2 aromatic rings. The molecule has 180 valence electrons. The zero-order valence-corrected chi connectivity index (χ0v) is 20.5. The first-order valence-electron chi connectivity index (χ1n) is 12.0. The smallest absolute Gasteiger partial charge is 0.407 e. The lowest BCUT2D eigenvalue weighted by Gasteiger charge is -2.25. The van der Waals surface area contributed by atoms with Gasteiger partial charge in [0, 0.05) is 24.5 Å². The van der Waals surface area contributed by atoms with E-state index in [1.54, 1.807) is 6.08 Å². The number of aryl methyl sites for hydroxylation is 1. The summed E-state index contributed by atoms with van der Waals surface area (Å²) >= 11 is 0. The van der Waals surface area contributed by atoms with E-state index >= 15 is 0 Å². The number of amides is 1. The van der Waals surface area contributed by atoms with Gasteiger partial charge in [-0.25, -0.2) is 14.8 Å². The van der Waals surface area contributed by atoms with Crippen LogP contribution in [-0.2, 0) is 4.74 Å². The van der Waals surface area contributed by atoms with Crippen LogP contribution >= 0.6 is 0 Å². The molecule has 7 heteroatoms. The second-order valence-corrected chi connectivity index (χ2v) is 9.99. The molecule has 4 rings (SSSR count). The number of aliphatic hydroxyl groups is 1. The van der Waals surface area contributed by atoms with Crippen LogP contribution in [0, 0.1) is 6.92 Å². The highest BCUT2D eigenvalue weighted by Crippen LogP contribution is 2.30. The first kappa shape index (κ1) is 23.8. The molecule has 1 saturated heterocycles. The van der Waals surface area contributed by atoms with Crippen LogP contribution in [0.15, 0.2) is 48.3 Å². The molecule has 2 N–H and O–H groups in total. The van der Waals surface area contributed by atoms with Gasteiger partial charge in [0.05, 0.1) is 11.1 Å². The topological polar surface area (TPSA) is 87.6 Å². The van der Waals surface area contributed by atoms with Crippen LogP contribution in [0.5, 0.6) is 0 Å². The standard InChI is InChI=1S/C27H34N4O3/c1-18-12-13-20-22(17-18)29-24(21-10-6-5-7-11-23(21)32)30-25(20)31-15-8-9-19(14-16-31)28-26(33)34-27(2,3)4/h6-7,10-13,17,19,32H,5,8-9,14-16H2,1-4H3,(H,28,33). The molecule has 1 aliphatic carbocycles. The Labute approximate surface area is 201 Å². The quantitative estimate of drug-likeness (QED) is 0.617. The Kier molecular flexibility index (Phi) is 6.91. The molecule has 1 aliphatic heterocycles. The van der Waals surface area contributed by atoms with E-state index in [2.05, 4.69) is 28.4 Å². The van der Waals surface area contributed by atoms with Crippen molar-refractivity contribution in [2.24, 2.45) is 0 Å². The first-order valence-corrected chi connectivity index (χ1v) is 12.0. The minimum atomic E-state index is -0.517. The number of anilines is 1. The second kappa shape index (κ2) is 9.87. The van der Waals surface area contributed by atoms with Gasteiger partial charge < -0.3 is 20.1 Å². The molecule has 1 unspecified atom stereocenters. The number of nitrogens with one attached hydrogen (secondary N) is 1. The lowest BCUT2D eigenvalue weighted by Crippen LogP contribution is -2.39. The molecule has 1 aromatic heterocycles.